The van der Waals surface area contributed by atoms with Gasteiger partial charge in [-0.3, -0.25) is 4.79 Å². The molecule has 4 rings (SSSR count). The molecule has 1 saturated heterocycles. The molecule has 1 aromatic heterocycles. The summed E-state index contributed by atoms with van der Waals surface area (Å²) in [5.74, 6) is -1.18. The molecule has 0 amide bonds. The average molecular weight is 487 g/mol. The van der Waals surface area contributed by atoms with Crippen LogP contribution >= 0.6 is 0 Å². The first-order valence-electron chi connectivity index (χ1n) is 11.2. The second-order valence-electron chi connectivity index (χ2n) is 8.61. The molecule has 1 fully saturated rings. The molecule has 0 radical (unpaired) electrons. The van der Waals surface area contributed by atoms with Crippen molar-refractivity contribution in [1.82, 2.24) is 4.57 Å². The number of ether oxygens (including phenoxy) is 1. The molecular formula is C26H25F4N3O2. The Morgan fingerprint density at radius 2 is 1.77 bits per heavy atom. The number of amidine groups is 1. The van der Waals surface area contributed by atoms with E-state index in [0.717, 1.165) is 11.6 Å². The van der Waals surface area contributed by atoms with Crippen LogP contribution in [-0.4, -0.2) is 23.6 Å². The van der Waals surface area contributed by atoms with Crippen LogP contribution in [0.3, 0.4) is 0 Å². The number of nitrogens with two attached hydrogens (primary N) is 1. The Balaban J connectivity index is 1.90. The number of hydrogen-bond acceptors (Lipinski definition) is 3. The first kappa shape index (κ1) is 24.7. The molecule has 9 heteroatoms. The van der Waals surface area contributed by atoms with Gasteiger partial charge in [0.2, 0.25) is 0 Å². The van der Waals surface area contributed by atoms with Gasteiger partial charge in [-0.15, -0.1) is 0 Å². The van der Waals surface area contributed by atoms with Crippen LogP contribution in [0.25, 0.3) is 0 Å². The van der Waals surface area contributed by atoms with Crippen molar-refractivity contribution >= 4 is 11.5 Å². The normalized spacial score (nSPS) is 16.3. The highest BCUT2D eigenvalue weighted by Gasteiger charge is 2.38. The largest absolute Gasteiger partial charge is 0.419 e. The predicted molar refractivity (Wildman–Crippen MR) is 125 cm³/mol. The number of aliphatic imine (C=N–C) groups is 1. The number of nitrogens with zero attached hydrogens (tertiary/aromatic N) is 2. The Labute approximate surface area is 199 Å². The molecule has 0 unspecified atom stereocenters. The average Bonchev–Trinajstić information content (AvgIpc) is 2.82. The third-order valence-electron chi connectivity index (χ3n) is 6.27. The number of rotatable bonds is 5. The number of halogens is 4. The Kier molecular flexibility index (Phi) is 6.80. The highest BCUT2D eigenvalue weighted by molar-refractivity contribution is 5.81. The molecule has 184 valence electrons. The number of aromatic nitrogens is 1. The number of alkyl halides is 3. The Morgan fingerprint density at radius 3 is 2.40 bits per heavy atom. The maximum atomic E-state index is 14.9. The van der Waals surface area contributed by atoms with Gasteiger partial charge in [-0.05, 0) is 42.5 Å². The van der Waals surface area contributed by atoms with Gasteiger partial charge in [0.1, 0.15) is 5.82 Å². The minimum absolute atomic E-state index is 0.156. The molecule has 3 aromatic rings. The molecule has 1 aliphatic rings. The van der Waals surface area contributed by atoms with E-state index in [0.29, 0.717) is 37.7 Å². The molecule has 1 aliphatic heterocycles. The third-order valence-corrected chi connectivity index (χ3v) is 6.27. The zero-order chi connectivity index (χ0) is 25.2. The van der Waals surface area contributed by atoms with Crippen molar-refractivity contribution in [3.63, 3.8) is 0 Å². The fourth-order valence-corrected chi connectivity index (χ4v) is 4.60. The second-order valence-corrected chi connectivity index (χ2v) is 8.61. The van der Waals surface area contributed by atoms with Crippen LogP contribution in [0.5, 0.6) is 0 Å². The van der Waals surface area contributed by atoms with Crippen LogP contribution in [0.2, 0.25) is 0 Å². The van der Waals surface area contributed by atoms with Gasteiger partial charge in [0.25, 0.3) is 5.56 Å². The van der Waals surface area contributed by atoms with Crippen molar-refractivity contribution in [3.8, 4) is 0 Å². The van der Waals surface area contributed by atoms with Crippen molar-refractivity contribution in [2.75, 3.05) is 13.2 Å². The van der Waals surface area contributed by atoms with Crippen LogP contribution in [0.15, 0.2) is 70.6 Å². The number of benzene rings is 2. The molecule has 2 aromatic carbocycles. The zero-order valence-corrected chi connectivity index (χ0v) is 19.1. The van der Waals surface area contributed by atoms with E-state index in [4.69, 9.17) is 10.5 Å². The van der Waals surface area contributed by atoms with Gasteiger partial charge in [0, 0.05) is 31.9 Å². The van der Waals surface area contributed by atoms with E-state index in [1.54, 1.807) is 10.8 Å². The van der Waals surface area contributed by atoms with E-state index in [1.165, 1.54) is 19.1 Å². The van der Waals surface area contributed by atoms with Gasteiger partial charge in [0.15, 0.2) is 0 Å². The highest BCUT2D eigenvalue weighted by Crippen LogP contribution is 2.37. The van der Waals surface area contributed by atoms with E-state index in [9.17, 15) is 22.4 Å². The molecule has 35 heavy (non-hydrogen) atoms. The van der Waals surface area contributed by atoms with Crippen LogP contribution in [-0.2, 0) is 22.9 Å². The smallest absolute Gasteiger partial charge is 0.387 e. The fourth-order valence-electron chi connectivity index (χ4n) is 4.60. The van der Waals surface area contributed by atoms with Crippen molar-refractivity contribution in [2.45, 2.75) is 37.9 Å². The summed E-state index contributed by atoms with van der Waals surface area (Å²) >= 11 is 0. The fraction of sp³-hybridized carbons (Fsp3) is 0.308. The minimum Gasteiger partial charge on any atom is -0.387 e. The number of pyridine rings is 1. The second kappa shape index (κ2) is 9.65. The first-order valence-corrected chi connectivity index (χ1v) is 11.2. The summed E-state index contributed by atoms with van der Waals surface area (Å²) in [7, 11) is 0. The minimum atomic E-state index is -4.83. The van der Waals surface area contributed by atoms with E-state index in [-0.39, 0.29) is 29.1 Å². The van der Waals surface area contributed by atoms with Crippen LogP contribution < -0.4 is 11.3 Å². The van der Waals surface area contributed by atoms with Crippen molar-refractivity contribution in [1.29, 1.82) is 0 Å². The topological polar surface area (TPSA) is 69.6 Å². The van der Waals surface area contributed by atoms with Gasteiger partial charge >= 0.3 is 6.18 Å². The lowest BCUT2D eigenvalue weighted by molar-refractivity contribution is -0.140. The van der Waals surface area contributed by atoms with E-state index in [1.807, 2.05) is 30.3 Å². The summed E-state index contributed by atoms with van der Waals surface area (Å²) in [4.78, 5) is 17.6. The Morgan fingerprint density at radius 1 is 1.09 bits per heavy atom. The lowest BCUT2D eigenvalue weighted by Crippen LogP contribution is -2.46. The molecule has 0 saturated carbocycles. The van der Waals surface area contributed by atoms with Crippen LogP contribution in [0, 0.1) is 5.82 Å². The van der Waals surface area contributed by atoms with Gasteiger partial charge < -0.3 is 15.0 Å². The molecule has 2 N–H and O–H groups in total. The van der Waals surface area contributed by atoms with Crippen LogP contribution in [0.4, 0.5) is 23.2 Å². The van der Waals surface area contributed by atoms with Crippen molar-refractivity contribution in [3.05, 3.63) is 99.2 Å². The SMILES string of the molecule is CC(N)=Nc1cc(=O)n(C2(c3ccccc3)CCOCC2)cc1Cc1cccc(C(F)(F)F)c1F. The van der Waals surface area contributed by atoms with Gasteiger partial charge in [-0.1, -0.05) is 42.5 Å². The summed E-state index contributed by atoms with van der Waals surface area (Å²) < 4.78 is 61.8. The summed E-state index contributed by atoms with van der Waals surface area (Å²) in [6.45, 7) is 2.39. The van der Waals surface area contributed by atoms with Gasteiger partial charge in [-0.2, -0.15) is 13.2 Å². The monoisotopic (exact) mass is 487 g/mol. The Bertz CT molecular complexity index is 1290. The summed E-state index contributed by atoms with van der Waals surface area (Å²) in [5, 5.41) is 0. The molecular weight excluding hydrogens is 462 g/mol. The van der Waals surface area contributed by atoms with Crippen LogP contribution in [0.1, 0.15) is 42.0 Å². The maximum Gasteiger partial charge on any atom is 0.419 e. The molecule has 5 nitrogen and oxygen atoms in total. The molecule has 0 bridgehead atoms. The molecule has 0 atom stereocenters. The van der Waals surface area contributed by atoms with E-state index >= 15 is 0 Å². The van der Waals surface area contributed by atoms with Gasteiger partial charge in [0.05, 0.1) is 22.6 Å². The van der Waals surface area contributed by atoms with Gasteiger partial charge in [-0.25, -0.2) is 9.38 Å². The van der Waals surface area contributed by atoms with E-state index in [2.05, 4.69) is 4.99 Å². The molecule has 0 aliphatic carbocycles. The molecule has 2 heterocycles. The predicted octanol–water partition coefficient (Wildman–Crippen LogP) is 5.16. The summed E-state index contributed by atoms with van der Waals surface area (Å²) in [6, 6.07) is 14.0. The summed E-state index contributed by atoms with van der Waals surface area (Å²) in [6.07, 6.45) is -2.42. The highest BCUT2D eigenvalue weighted by atomic mass is 19.4. The number of hydrogen-bond donors (Lipinski definition) is 1. The maximum absolute atomic E-state index is 14.9. The standard InChI is InChI=1S/C26H25F4N3O2/c1-17(31)32-22-15-23(34)33(25(10-12-35-13-11-25)20-7-3-2-4-8-20)16-19(22)14-18-6-5-9-21(24(18)27)26(28,29)30/h2-9,15-16H,10-14H2,1H3,(H2,31,32). The molecule has 0 spiro atoms. The van der Waals surface area contributed by atoms with Crippen molar-refractivity contribution in [2.24, 2.45) is 10.7 Å². The lowest BCUT2D eigenvalue weighted by atomic mass is 9.82. The van der Waals surface area contributed by atoms with Crippen molar-refractivity contribution < 1.29 is 22.3 Å². The summed E-state index contributed by atoms with van der Waals surface area (Å²) in [5.41, 5.74) is 4.67. The first-order chi connectivity index (χ1) is 16.6. The van der Waals surface area contributed by atoms with E-state index < -0.39 is 23.1 Å². The Hall–Kier alpha value is -3.46. The lowest BCUT2D eigenvalue weighted by Gasteiger charge is -2.40. The third kappa shape index (κ3) is 5.00. The zero-order valence-electron chi connectivity index (χ0n) is 19.1. The quantitative estimate of drug-likeness (QED) is 0.307.